The van der Waals surface area contributed by atoms with Gasteiger partial charge in [-0.1, -0.05) is 19.1 Å². The summed E-state index contributed by atoms with van der Waals surface area (Å²) in [6.07, 6.45) is 7.45. The highest BCUT2D eigenvalue weighted by Gasteiger charge is 2.64. The lowest BCUT2D eigenvalue weighted by molar-refractivity contribution is -0.139. The minimum atomic E-state index is -0.511. The molecule has 4 heterocycles. The largest absolute Gasteiger partial charge is 0.350 e. The minimum Gasteiger partial charge on any atom is -0.350 e. The summed E-state index contributed by atoms with van der Waals surface area (Å²) in [6, 6.07) is 9.04. The Morgan fingerprint density at radius 2 is 1.82 bits per heavy atom. The first-order valence-electron chi connectivity index (χ1n) is 15.1. The van der Waals surface area contributed by atoms with Crippen LogP contribution in [-0.4, -0.2) is 65.9 Å². The number of amides is 2. The molecule has 226 valence electrons. The van der Waals surface area contributed by atoms with Crippen molar-refractivity contribution in [3.8, 4) is 11.1 Å². The van der Waals surface area contributed by atoms with E-state index in [4.69, 9.17) is 0 Å². The van der Waals surface area contributed by atoms with Crippen LogP contribution in [-0.2, 0) is 22.6 Å². The molecule has 1 N–H and O–H groups in total. The van der Waals surface area contributed by atoms with E-state index < -0.39 is 6.04 Å². The summed E-state index contributed by atoms with van der Waals surface area (Å²) in [7, 11) is 0. The Labute approximate surface area is 263 Å². The molecule has 1 aromatic carbocycles. The summed E-state index contributed by atoms with van der Waals surface area (Å²) in [6.45, 7) is 6.47. The number of fused-ring (bicyclic) bond motifs is 2. The van der Waals surface area contributed by atoms with Crippen LogP contribution in [0.25, 0.3) is 22.0 Å². The van der Waals surface area contributed by atoms with Crippen molar-refractivity contribution in [1.82, 2.24) is 34.9 Å². The van der Waals surface area contributed by atoms with Gasteiger partial charge in [0.2, 0.25) is 5.91 Å². The first kappa shape index (κ1) is 28.8. The van der Waals surface area contributed by atoms with Crippen molar-refractivity contribution in [3.63, 3.8) is 0 Å². The second kappa shape index (κ2) is 10.9. The van der Waals surface area contributed by atoms with Gasteiger partial charge in [-0.2, -0.15) is 5.10 Å². The van der Waals surface area contributed by atoms with Crippen molar-refractivity contribution in [2.24, 2.45) is 11.3 Å². The maximum atomic E-state index is 14.0. The number of hydrogen-bond donors (Lipinski definition) is 1. The van der Waals surface area contributed by atoms with Crippen LogP contribution in [0, 0.1) is 25.2 Å². The number of likely N-dealkylation sites (tertiary alicyclic amines) is 1. The molecule has 3 atom stereocenters. The second-order valence-corrected chi connectivity index (χ2v) is 13.7. The SMILES string of the molecule is Cc1ncc(-c2ccc3c(c2)c(C(=O)NCC2CC2)nn3CC(=O)N2[C@H](C(=O)Cc3nc(Br)ccc3C)C[C@@]3(C)C[C@@H]23)cn1. The smallest absolute Gasteiger partial charge is 0.272 e. The van der Waals surface area contributed by atoms with Gasteiger partial charge in [0.15, 0.2) is 11.5 Å². The van der Waals surface area contributed by atoms with Crippen LogP contribution in [0.2, 0.25) is 0 Å². The number of piperidine rings is 1. The van der Waals surface area contributed by atoms with Crippen LogP contribution in [0.4, 0.5) is 0 Å². The van der Waals surface area contributed by atoms with Gasteiger partial charge in [0.25, 0.3) is 5.91 Å². The zero-order valence-electron chi connectivity index (χ0n) is 25.0. The van der Waals surface area contributed by atoms with Crippen molar-refractivity contribution in [2.75, 3.05) is 6.54 Å². The Balaban J connectivity index is 1.18. The lowest BCUT2D eigenvalue weighted by atomic mass is 9.96. The molecule has 3 fully saturated rings. The van der Waals surface area contributed by atoms with Gasteiger partial charge in [-0.25, -0.2) is 15.0 Å². The van der Waals surface area contributed by atoms with Gasteiger partial charge in [0.05, 0.1) is 23.7 Å². The standard InChI is InChI=1S/C33H34BrN7O3/c1-18-4-9-29(34)38-24(18)11-27(42)26-12-33(3)13-28(33)41(26)30(43)17-40-25-8-7-21(22-15-35-19(2)36-16-22)10-23(25)31(39-40)32(44)37-14-20-5-6-20/h4,7-10,15-16,20,26,28H,5-6,11-14,17H2,1-3H3,(H,37,44)/t26-,28+,33-/m0/s1. The predicted octanol–water partition coefficient (Wildman–Crippen LogP) is 4.60. The van der Waals surface area contributed by atoms with Crippen LogP contribution in [0.1, 0.15) is 60.2 Å². The zero-order valence-corrected chi connectivity index (χ0v) is 26.6. The minimum absolute atomic E-state index is 0.00380. The second-order valence-electron chi connectivity index (χ2n) is 12.8. The van der Waals surface area contributed by atoms with Crippen molar-refractivity contribution < 1.29 is 14.4 Å². The van der Waals surface area contributed by atoms with Crippen LogP contribution < -0.4 is 5.32 Å². The lowest BCUT2D eigenvalue weighted by Crippen LogP contribution is -2.45. The van der Waals surface area contributed by atoms with E-state index in [0.29, 0.717) is 40.2 Å². The average molecular weight is 657 g/mol. The lowest BCUT2D eigenvalue weighted by Gasteiger charge is -2.27. The number of aromatic nitrogens is 5. The van der Waals surface area contributed by atoms with E-state index in [9.17, 15) is 14.4 Å². The molecule has 0 radical (unpaired) electrons. The van der Waals surface area contributed by atoms with E-state index >= 15 is 0 Å². The fourth-order valence-corrected chi connectivity index (χ4v) is 6.80. The zero-order chi connectivity index (χ0) is 30.7. The van der Waals surface area contributed by atoms with Crippen molar-refractivity contribution in [3.05, 3.63) is 70.1 Å². The van der Waals surface area contributed by atoms with Gasteiger partial charge in [0, 0.05) is 35.9 Å². The third-order valence-electron chi connectivity index (χ3n) is 9.42. The predicted molar refractivity (Wildman–Crippen MR) is 168 cm³/mol. The number of benzene rings is 1. The molecular formula is C33H34BrN7O3. The van der Waals surface area contributed by atoms with E-state index in [1.807, 2.05) is 44.2 Å². The third kappa shape index (κ3) is 5.42. The third-order valence-corrected chi connectivity index (χ3v) is 9.86. The van der Waals surface area contributed by atoms with E-state index in [0.717, 1.165) is 41.6 Å². The normalized spacial score (nSPS) is 22.2. The van der Waals surface area contributed by atoms with Crippen molar-refractivity contribution in [1.29, 1.82) is 0 Å². The Hall–Kier alpha value is -3.99. The Bertz CT molecular complexity index is 1820. The number of hydrogen-bond acceptors (Lipinski definition) is 7. The quantitative estimate of drug-likeness (QED) is 0.262. The molecule has 44 heavy (non-hydrogen) atoms. The summed E-state index contributed by atoms with van der Waals surface area (Å²) in [5.74, 6) is 0.762. The van der Waals surface area contributed by atoms with E-state index in [2.05, 4.69) is 48.2 Å². The highest BCUT2D eigenvalue weighted by molar-refractivity contribution is 9.10. The number of carbonyl (C=O) groups is 3. The number of rotatable bonds is 9. The average Bonchev–Trinajstić information content (AvgIpc) is 3.89. The topological polar surface area (TPSA) is 123 Å². The van der Waals surface area contributed by atoms with Gasteiger partial charge in [-0.15, -0.1) is 0 Å². The van der Waals surface area contributed by atoms with Gasteiger partial charge in [0.1, 0.15) is 17.0 Å². The first-order valence-corrected chi connectivity index (χ1v) is 15.9. The molecule has 0 bridgehead atoms. The van der Waals surface area contributed by atoms with Gasteiger partial charge in [-0.05, 0) is 96.1 Å². The molecule has 2 amide bonds. The summed E-state index contributed by atoms with van der Waals surface area (Å²) in [4.78, 5) is 56.0. The fourth-order valence-electron chi connectivity index (χ4n) is 6.46. The number of carbonyl (C=O) groups excluding carboxylic acids is 3. The maximum absolute atomic E-state index is 14.0. The monoisotopic (exact) mass is 655 g/mol. The number of aryl methyl sites for hydroxylation is 2. The van der Waals surface area contributed by atoms with E-state index in [1.54, 1.807) is 22.0 Å². The van der Waals surface area contributed by atoms with Gasteiger partial charge >= 0.3 is 0 Å². The molecule has 0 unspecified atom stereocenters. The molecule has 7 rings (SSSR count). The molecule has 0 spiro atoms. The molecule has 11 heteroatoms. The molecule has 10 nitrogen and oxygen atoms in total. The molecule has 4 aromatic rings. The summed E-state index contributed by atoms with van der Waals surface area (Å²) >= 11 is 3.41. The Morgan fingerprint density at radius 3 is 2.57 bits per heavy atom. The molecular weight excluding hydrogens is 622 g/mol. The number of halogens is 1. The maximum Gasteiger partial charge on any atom is 0.272 e. The highest BCUT2D eigenvalue weighted by Crippen LogP contribution is 2.59. The van der Waals surface area contributed by atoms with Crippen LogP contribution in [0.3, 0.4) is 0 Å². The van der Waals surface area contributed by atoms with Crippen LogP contribution >= 0.6 is 15.9 Å². The molecule has 1 aliphatic heterocycles. The fraction of sp³-hybridized carbons (Fsp3) is 0.424. The number of nitrogens with one attached hydrogen (secondary N) is 1. The van der Waals surface area contributed by atoms with Gasteiger partial charge in [-0.3, -0.25) is 19.1 Å². The summed E-state index contributed by atoms with van der Waals surface area (Å²) < 4.78 is 2.29. The van der Waals surface area contributed by atoms with E-state index in [-0.39, 0.29) is 47.7 Å². The molecule has 3 aromatic heterocycles. The number of ketones is 1. The Kier molecular flexibility index (Phi) is 7.10. The number of pyridine rings is 1. The van der Waals surface area contributed by atoms with Crippen LogP contribution in [0.15, 0.2) is 47.3 Å². The highest BCUT2D eigenvalue weighted by atomic mass is 79.9. The molecule has 2 aliphatic carbocycles. The van der Waals surface area contributed by atoms with Crippen molar-refractivity contribution >= 4 is 44.4 Å². The van der Waals surface area contributed by atoms with Crippen molar-refractivity contribution in [2.45, 2.75) is 71.5 Å². The molecule has 3 aliphatic rings. The summed E-state index contributed by atoms with van der Waals surface area (Å²) in [5.41, 5.74) is 4.26. The molecule has 1 saturated heterocycles. The van der Waals surface area contributed by atoms with Gasteiger partial charge < -0.3 is 10.2 Å². The van der Waals surface area contributed by atoms with E-state index in [1.165, 1.54) is 0 Å². The molecule has 2 saturated carbocycles. The Morgan fingerprint density at radius 1 is 1.05 bits per heavy atom. The first-order chi connectivity index (χ1) is 21.1. The summed E-state index contributed by atoms with van der Waals surface area (Å²) in [5, 5.41) is 8.37. The number of Topliss-reactive ketones (excluding diaryl/α,β-unsaturated/α-hetero) is 1. The number of nitrogens with zero attached hydrogens (tertiary/aromatic N) is 6. The van der Waals surface area contributed by atoms with Crippen LogP contribution in [0.5, 0.6) is 0 Å².